The van der Waals surface area contributed by atoms with Gasteiger partial charge in [0.1, 0.15) is 0 Å². The summed E-state index contributed by atoms with van der Waals surface area (Å²) in [5.74, 6) is 0.447. The highest BCUT2D eigenvalue weighted by Crippen LogP contribution is 2.23. The molecule has 0 radical (unpaired) electrons. The quantitative estimate of drug-likeness (QED) is 0.829. The summed E-state index contributed by atoms with van der Waals surface area (Å²) >= 11 is 3.38. The molecule has 108 valence electrons. The number of hydrogen-bond donors (Lipinski definition) is 2. The second-order valence-electron chi connectivity index (χ2n) is 5.30. The molecular weight excluding hydrogens is 318 g/mol. The minimum atomic E-state index is -0.140. The standard InChI is InChI=1S/C16H20BrNO2/c17-14-6-1-12(2-7-14)5-10-16(20)18-11-13-3-8-15(19)9-4-13/h1-2,5-7,10,13,15,19H,3-4,8-9,11H2,(H,18,20)/b10-5+. The van der Waals surface area contributed by atoms with Crippen LogP contribution in [-0.2, 0) is 4.79 Å². The van der Waals surface area contributed by atoms with E-state index in [1.165, 1.54) is 0 Å². The molecule has 3 nitrogen and oxygen atoms in total. The summed E-state index contributed by atoms with van der Waals surface area (Å²) in [5.41, 5.74) is 1.00. The maximum Gasteiger partial charge on any atom is 0.244 e. The average molecular weight is 338 g/mol. The van der Waals surface area contributed by atoms with Gasteiger partial charge in [-0.3, -0.25) is 4.79 Å². The lowest BCUT2D eigenvalue weighted by Gasteiger charge is -2.25. The molecule has 20 heavy (non-hydrogen) atoms. The highest BCUT2D eigenvalue weighted by Gasteiger charge is 2.19. The first-order valence-corrected chi connectivity index (χ1v) is 7.82. The van der Waals surface area contributed by atoms with Gasteiger partial charge in [-0.1, -0.05) is 28.1 Å². The van der Waals surface area contributed by atoms with Gasteiger partial charge < -0.3 is 10.4 Å². The Labute approximate surface area is 128 Å². The van der Waals surface area contributed by atoms with E-state index in [9.17, 15) is 9.90 Å². The number of rotatable bonds is 4. The van der Waals surface area contributed by atoms with Gasteiger partial charge in [0.2, 0.25) is 5.91 Å². The largest absolute Gasteiger partial charge is 0.393 e. The van der Waals surface area contributed by atoms with Crippen molar-refractivity contribution in [2.24, 2.45) is 5.92 Å². The van der Waals surface area contributed by atoms with Gasteiger partial charge in [0.15, 0.2) is 0 Å². The SMILES string of the molecule is O=C(/C=C/c1ccc(Br)cc1)NCC1CCC(O)CC1. The van der Waals surface area contributed by atoms with Crippen molar-refractivity contribution in [3.05, 3.63) is 40.4 Å². The fourth-order valence-electron chi connectivity index (χ4n) is 2.40. The molecule has 0 atom stereocenters. The monoisotopic (exact) mass is 337 g/mol. The Morgan fingerprint density at radius 3 is 2.55 bits per heavy atom. The average Bonchev–Trinajstić information content (AvgIpc) is 2.46. The first-order valence-electron chi connectivity index (χ1n) is 7.03. The molecule has 1 aromatic rings. The Balaban J connectivity index is 1.73. The van der Waals surface area contributed by atoms with Crippen LogP contribution >= 0.6 is 15.9 Å². The Morgan fingerprint density at radius 1 is 1.25 bits per heavy atom. The fourth-order valence-corrected chi connectivity index (χ4v) is 2.66. The van der Waals surface area contributed by atoms with Gasteiger partial charge in [-0.15, -0.1) is 0 Å². The van der Waals surface area contributed by atoms with Crippen LogP contribution < -0.4 is 5.32 Å². The third kappa shape index (κ3) is 5.10. The van der Waals surface area contributed by atoms with Gasteiger partial charge in [-0.25, -0.2) is 0 Å². The van der Waals surface area contributed by atoms with E-state index in [2.05, 4.69) is 21.2 Å². The van der Waals surface area contributed by atoms with E-state index in [0.29, 0.717) is 12.5 Å². The molecule has 2 N–H and O–H groups in total. The van der Waals surface area contributed by atoms with Gasteiger partial charge in [0, 0.05) is 17.1 Å². The summed E-state index contributed by atoms with van der Waals surface area (Å²) in [4.78, 5) is 11.7. The molecule has 0 heterocycles. The molecule has 1 aliphatic rings. The van der Waals surface area contributed by atoms with Crippen LogP contribution in [0.2, 0.25) is 0 Å². The molecule has 0 bridgehead atoms. The first kappa shape index (κ1) is 15.3. The molecule has 1 fully saturated rings. The predicted molar refractivity (Wildman–Crippen MR) is 84.2 cm³/mol. The van der Waals surface area contributed by atoms with Crippen molar-refractivity contribution in [3.8, 4) is 0 Å². The van der Waals surface area contributed by atoms with Crippen molar-refractivity contribution in [2.75, 3.05) is 6.54 Å². The summed E-state index contributed by atoms with van der Waals surface area (Å²) in [7, 11) is 0. The molecular formula is C16H20BrNO2. The number of carbonyl (C=O) groups excluding carboxylic acids is 1. The van der Waals surface area contributed by atoms with Crippen LogP contribution in [0.3, 0.4) is 0 Å². The number of amides is 1. The molecule has 4 heteroatoms. The Morgan fingerprint density at radius 2 is 1.90 bits per heavy atom. The second-order valence-corrected chi connectivity index (χ2v) is 6.22. The molecule has 0 unspecified atom stereocenters. The number of aliphatic hydroxyl groups excluding tert-OH is 1. The van der Waals surface area contributed by atoms with Crippen LogP contribution in [-0.4, -0.2) is 23.7 Å². The van der Waals surface area contributed by atoms with Crippen LogP contribution in [0.4, 0.5) is 0 Å². The Bertz CT molecular complexity index is 462. The van der Waals surface area contributed by atoms with Crippen molar-refractivity contribution in [3.63, 3.8) is 0 Å². The van der Waals surface area contributed by atoms with Crippen LogP contribution in [0.25, 0.3) is 6.08 Å². The predicted octanol–water partition coefficient (Wildman–Crippen LogP) is 3.13. The summed E-state index contributed by atoms with van der Waals surface area (Å²) in [6.07, 6.45) is 6.95. The van der Waals surface area contributed by atoms with Gasteiger partial charge in [0.25, 0.3) is 0 Å². The maximum atomic E-state index is 11.7. The van der Waals surface area contributed by atoms with E-state index in [-0.39, 0.29) is 12.0 Å². The fraction of sp³-hybridized carbons (Fsp3) is 0.438. The lowest BCUT2D eigenvalue weighted by molar-refractivity contribution is -0.116. The summed E-state index contributed by atoms with van der Waals surface area (Å²) in [6, 6.07) is 7.81. The van der Waals surface area contributed by atoms with Gasteiger partial charge in [-0.2, -0.15) is 0 Å². The van der Waals surface area contributed by atoms with Gasteiger partial charge >= 0.3 is 0 Å². The number of carbonyl (C=O) groups is 1. The summed E-state index contributed by atoms with van der Waals surface area (Å²) < 4.78 is 1.03. The zero-order valence-corrected chi connectivity index (χ0v) is 13.0. The third-order valence-electron chi connectivity index (χ3n) is 3.68. The number of hydrogen-bond acceptors (Lipinski definition) is 2. The molecule has 2 rings (SSSR count). The van der Waals surface area contributed by atoms with E-state index in [1.54, 1.807) is 6.08 Å². The highest BCUT2D eigenvalue weighted by atomic mass is 79.9. The lowest BCUT2D eigenvalue weighted by Crippen LogP contribution is -2.31. The number of halogens is 1. The van der Waals surface area contributed by atoms with Crippen molar-refractivity contribution in [2.45, 2.75) is 31.8 Å². The summed E-state index contributed by atoms with van der Waals surface area (Å²) in [5, 5.41) is 12.4. The molecule has 0 aromatic heterocycles. The highest BCUT2D eigenvalue weighted by molar-refractivity contribution is 9.10. The van der Waals surface area contributed by atoms with Crippen molar-refractivity contribution >= 4 is 27.9 Å². The smallest absolute Gasteiger partial charge is 0.244 e. The normalized spacial score (nSPS) is 22.9. The number of aliphatic hydroxyl groups is 1. The maximum absolute atomic E-state index is 11.7. The van der Waals surface area contributed by atoms with Crippen LogP contribution in [0.1, 0.15) is 31.2 Å². The van der Waals surface area contributed by atoms with E-state index in [4.69, 9.17) is 0 Å². The summed E-state index contributed by atoms with van der Waals surface area (Å²) in [6.45, 7) is 0.705. The molecule has 1 amide bonds. The van der Waals surface area contributed by atoms with Crippen molar-refractivity contribution < 1.29 is 9.90 Å². The number of benzene rings is 1. The topological polar surface area (TPSA) is 49.3 Å². The zero-order chi connectivity index (χ0) is 14.4. The van der Waals surface area contributed by atoms with Gasteiger partial charge in [-0.05, 0) is 55.4 Å². The Hall–Kier alpha value is -1.13. The molecule has 1 aliphatic carbocycles. The Kier molecular flexibility index (Phi) is 5.80. The second kappa shape index (κ2) is 7.60. The van der Waals surface area contributed by atoms with E-state index >= 15 is 0 Å². The molecule has 0 saturated heterocycles. The lowest BCUT2D eigenvalue weighted by atomic mass is 9.87. The van der Waals surface area contributed by atoms with E-state index < -0.39 is 0 Å². The first-order chi connectivity index (χ1) is 9.63. The van der Waals surface area contributed by atoms with E-state index in [1.807, 2.05) is 30.3 Å². The molecule has 1 aromatic carbocycles. The molecule has 0 spiro atoms. The number of nitrogens with one attached hydrogen (secondary N) is 1. The van der Waals surface area contributed by atoms with Crippen molar-refractivity contribution in [1.29, 1.82) is 0 Å². The van der Waals surface area contributed by atoms with Gasteiger partial charge in [0.05, 0.1) is 6.10 Å². The minimum Gasteiger partial charge on any atom is -0.393 e. The zero-order valence-electron chi connectivity index (χ0n) is 11.4. The molecule has 1 saturated carbocycles. The van der Waals surface area contributed by atoms with Crippen molar-refractivity contribution in [1.82, 2.24) is 5.32 Å². The van der Waals surface area contributed by atoms with Crippen LogP contribution in [0.5, 0.6) is 0 Å². The van der Waals surface area contributed by atoms with E-state index in [0.717, 1.165) is 35.7 Å². The third-order valence-corrected chi connectivity index (χ3v) is 4.21. The van der Waals surface area contributed by atoms with Crippen LogP contribution in [0, 0.1) is 5.92 Å². The molecule has 0 aliphatic heterocycles. The minimum absolute atomic E-state index is 0.0564. The van der Waals surface area contributed by atoms with Crippen LogP contribution in [0.15, 0.2) is 34.8 Å².